The van der Waals surface area contributed by atoms with Gasteiger partial charge in [-0.15, -0.1) is 5.10 Å². The van der Waals surface area contributed by atoms with Crippen LogP contribution in [0.3, 0.4) is 0 Å². The van der Waals surface area contributed by atoms with Crippen molar-refractivity contribution in [1.29, 1.82) is 0 Å². The van der Waals surface area contributed by atoms with E-state index in [0.29, 0.717) is 19.5 Å². The summed E-state index contributed by atoms with van der Waals surface area (Å²) in [5.41, 5.74) is 0.924. The average Bonchev–Trinajstić information content (AvgIpc) is 2.95. The fraction of sp³-hybridized carbons (Fsp3) is 0.357. The number of hydrogen-bond donors (Lipinski definition) is 1. The molecule has 1 N–H and O–H groups in total. The van der Waals surface area contributed by atoms with Gasteiger partial charge in [-0.2, -0.15) is 0 Å². The second-order valence-electron chi connectivity index (χ2n) is 4.74. The number of nitrogens with zero attached hydrogens (tertiary/aromatic N) is 5. The molecule has 0 unspecified atom stereocenters. The molecular weight excluding hydrogens is 286 g/mol. The number of aliphatic carboxylic acids is 1. The summed E-state index contributed by atoms with van der Waals surface area (Å²) in [6.45, 7) is 2.28. The van der Waals surface area contributed by atoms with Gasteiger partial charge in [-0.3, -0.25) is 14.6 Å². The van der Waals surface area contributed by atoms with Crippen molar-refractivity contribution in [2.24, 2.45) is 0 Å². The standard InChI is InChI=1S/C14H17N5O3/c1-2-7-18(10-13(20)21)14(22)12-9-19(17-16-12)8-11-5-3-4-6-15-11/h3-6,9H,2,7-8,10H2,1H3,(H,20,21). The lowest BCUT2D eigenvalue weighted by Gasteiger charge is -2.18. The Hall–Kier alpha value is -2.77. The van der Waals surface area contributed by atoms with Crippen molar-refractivity contribution < 1.29 is 14.7 Å². The summed E-state index contributed by atoms with van der Waals surface area (Å²) < 4.78 is 1.50. The number of rotatable bonds is 7. The van der Waals surface area contributed by atoms with Crippen LogP contribution >= 0.6 is 0 Å². The molecule has 2 aromatic heterocycles. The molecule has 0 aliphatic rings. The first-order valence-corrected chi connectivity index (χ1v) is 6.91. The Morgan fingerprint density at radius 2 is 2.18 bits per heavy atom. The summed E-state index contributed by atoms with van der Waals surface area (Å²) in [6, 6.07) is 5.52. The SMILES string of the molecule is CCCN(CC(=O)O)C(=O)c1cn(Cc2ccccn2)nn1. The van der Waals surface area contributed by atoms with E-state index in [1.54, 1.807) is 6.20 Å². The maximum atomic E-state index is 12.3. The Bertz CT molecular complexity index is 641. The molecule has 116 valence electrons. The summed E-state index contributed by atoms with van der Waals surface area (Å²) >= 11 is 0. The van der Waals surface area contributed by atoms with Gasteiger partial charge in [0.25, 0.3) is 5.91 Å². The van der Waals surface area contributed by atoms with Crippen LogP contribution < -0.4 is 0 Å². The Morgan fingerprint density at radius 1 is 1.36 bits per heavy atom. The summed E-state index contributed by atoms with van der Waals surface area (Å²) in [7, 11) is 0. The molecule has 0 spiro atoms. The number of carboxylic acid groups (broad SMARTS) is 1. The van der Waals surface area contributed by atoms with Gasteiger partial charge in [0.1, 0.15) is 6.54 Å². The predicted molar refractivity (Wildman–Crippen MR) is 77.2 cm³/mol. The number of pyridine rings is 1. The van der Waals surface area contributed by atoms with E-state index in [4.69, 9.17) is 5.11 Å². The molecule has 1 amide bonds. The molecule has 2 heterocycles. The molecule has 8 heteroatoms. The van der Waals surface area contributed by atoms with E-state index in [2.05, 4.69) is 15.3 Å². The van der Waals surface area contributed by atoms with Gasteiger partial charge in [-0.1, -0.05) is 18.2 Å². The van der Waals surface area contributed by atoms with Crippen LogP contribution in [0.1, 0.15) is 29.5 Å². The van der Waals surface area contributed by atoms with Crippen molar-refractivity contribution in [3.8, 4) is 0 Å². The third-order valence-corrected chi connectivity index (χ3v) is 2.91. The number of hydrogen-bond acceptors (Lipinski definition) is 5. The number of carboxylic acids is 1. The maximum Gasteiger partial charge on any atom is 0.323 e. The highest BCUT2D eigenvalue weighted by Gasteiger charge is 2.20. The van der Waals surface area contributed by atoms with Crippen LogP contribution in [-0.2, 0) is 11.3 Å². The van der Waals surface area contributed by atoms with Gasteiger partial charge in [-0.05, 0) is 18.6 Å². The van der Waals surface area contributed by atoms with Crippen molar-refractivity contribution >= 4 is 11.9 Å². The monoisotopic (exact) mass is 303 g/mol. The average molecular weight is 303 g/mol. The van der Waals surface area contributed by atoms with Gasteiger partial charge in [-0.25, -0.2) is 4.68 Å². The lowest BCUT2D eigenvalue weighted by molar-refractivity contribution is -0.137. The minimum absolute atomic E-state index is 0.130. The van der Waals surface area contributed by atoms with E-state index in [0.717, 1.165) is 5.69 Å². The number of amides is 1. The zero-order valence-corrected chi connectivity index (χ0v) is 12.2. The molecule has 22 heavy (non-hydrogen) atoms. The number of carbonyl (C=O) groups is 2. The summed E-state index contributed by atoms with van der Waals surface area (Å²) in [6.07, 6.45) is 3.84. The molecule has 0 aliphatic carbocycles. The Kier molecular flexibility index (Phi) is 5.18. The van der Waals surface area contributed by atoms with E-state index in [1.807, 2.05) is 25.1 Å². The molecule has 8 nitrogen and oxygen atoms in total. The molecule has 0 saturated carbocycles. The largest absolute Gasteiger partial charge is 0.480 e. The molecule has 2 rings (SSSR count). The smallest absolute Gasteiger partial charge is 0.323 e. The van der Waals surface area contributed by atoms with Crippen molar-refractivity contribution in [3.63, 3.8) is 0 Å². The van der Waals surface area contributed by atoms with Crippen LogP contribution in [0.4, 0.5) is 0 Å². The van der Waals surface area contributed by atoms with Crippen LogP contribution in [0, 0.1) is 0 Å². The van der Waals surface area contributed by atoms with Crippen molar-refractivity contribution in [2.75, 3.05) is 13.1 Å². The first-order chi connectivity index (χ1) is 10.6. The number of aromatic nitrogens is 4. The van der Waals surface area contributed by atoms with E-state index in [1.165, 1.54) is 15.8 Å². The molecule has 0 aromatic carbocycles. The lowest BCUT2D eigenvalue weighted by atomic mass is 10.3. The van der Waals surface area contributed by atoms with E-state index in [-0.39, 0.29) is 12.2 Å². The first-order valence-electron chi connectivity index (χ1n) is 6.91. The third kappa shape index (κ3) is 4.11. The molecule has 0 fully saturated rings. The second kappa shape index (κ2) is 7.30. The Labute approximate surface area is 127 Å². The predicted octanol–water partition coefficient (Wildman–Crippen LogP) is 0.658. The minimum Gasteiger partial charge on any atom is -0.480 e. The molecule has 0 radical (unpaired) electrons. The van der Waals surface area contributed by atoms with Crippen molar-refractivity contribution in [3.05, 3.63) is 42.0 Å². The first kappa shape index (κ1) is 15.6. The van der Waals surface area contributed by atoms with Crippen LogP contribution in [0.25, 0.3) is 0 Å². The van der Waals surface area contributed by atoms with Crippen LogP contribution in [0.15, 0.2) is 30.6 Å². The zero-order chi connectivity index (χ0) is 15.9. The van der Waals surface area contributed by atoms with Crippen LogP contribution in [-0.4, -0.2) is 55.0 Å². The molecule has 0 atom stereocenters. The van der Waals surface area contributed by atoms with Crippen molar-refractivity contribution in [2.45, 2.75) is 19.9 Å². The highest BCUT2D eigenvalue weighted by atomic mass is 16.4. The molecule has 0 bridgehead atoms. The quantitative estimate of drug-likeness (QED) is 0.806. The highest BCUT2D eigenvalue weighted by Crippen LogP contribution is 2.04. The van der Waals surface area contributed by atoms with Gasteiger partial charge >= 0.3 is 5.97 Å². The van der Waals surface area contributed by atoms with Gasteiger partial charge in [0, 0.05) is 12.7 Å². The highest BCUT2D eigenvalue weighted by molar-refractivity contribution is 5.93. The number of carbonyl (C=O) groups excluding carboxylic acids is 1. The van der Waals surface area contributed by atoms with E-state index >= 15 is 0 Å². The summed E-state index contributed by atoms with van der Waals surface area (Å²) in [5, 5.41) is 16.6. The Morgan fingerprint density at radius 3 is 2.82 bits per heavy atom. The molecule has 2 aromatic rings. The third-order valence-electron chi connectivity index (χ3n) is 2.91. The van der Waals surface area contributed by atoms with Gasteiger partial charge < -0.3 is 10.0 Å². The fourth-order valence-electron chi connectivity index (χ4n) is 1.98. The van der Waals surface area contributed by atoms with E-state index < -0.39 is 11.9 Å². The lowest BCUT2D eigenvalue weighted by Crippen LogP contribution is -2.36. The normalized spacial score (nSPS) is 10.4. The minimum atomic E-state index is -1.05. The topological polar surface area (TPSA) is 101 Å². The second-order valence-corrected chi connectivity index (χ2v) is 4.74. The zero-order valence-electron chi connectivity index (χ0n) is 12.2. The van der Waals surface area contributed by atoms with Gasteiger partial charge in [0.05, 0.1) is 18.4 Å². The molecule has 0 saturated heterocycles. The van der Waals surface area contributed by atoms with Crippen LogP contribution in [0.2, 0.25) is 0 Å². The summed E-state index contributed by atoms with van der Waals surface area (Å²) in [5.74, 6) is -1.49. The summed E-state index contributed by atoms with van der Waals surface area (Å²) in [4.78, 5) is 28.5. The van der Waals surface area contributed by atoms with Crippen LogP contribution in [0.5, 0.6) is 0 Å². The molecule has 0 aliphatic heterocycles. The van der Waals surface area contributed by atoms with Gasteiger partial charge in [0.2, 0.25) is 0 Å². The van der Waals surface area contributed by atoms with Gasteiger partial charge in [0.15, 0.2) is 5.69 Å². The maximum absolute atomic E-state index is 12.3. The van der Waals surface area contributed by atoms with Crippen molar-refractivity contribution in [1.82, 2.24) is 24.9 Å². The molecular formula is C14H17N5O3. The fourth-order valence-corrected chi connectivity index (χ4v) is 1.98. The van der Waals surface area contributed by atoms with E-state index in [9.17, 15) is 9.59 Å². The Balaban J connectivity index is 2.08.